The zero-order valence-corrected chi connectivity index (χ0v) is 11.8. The highest BCUT2D eigenvalue weighted by Gasteiger charge is 2.08. The maximum Gasteiger partial charge on any atom is 0.355 e. The minimum Gasteiger partial charge on any atom is -0.476 e. The predicted octanol–water partition coefficient (Wildman–Crippen LogP) is 4.25. The lowest BCUT2D eigenvalue weighted by Crippen LogP contribution is -1.97. The van der Waals surface area contributed by atoms with E-state index in [2.05, 4.69) is 22.4 Å². The van der Waals surface area contributed by atoms with Crippen LogP contribution in [0.2, 0.25) is 0 Å². The Morgan fingerprint density at radius 1 is 1.00 bits per heavy atom. The third-order valence-electron chi connectivity index (χ3n) is 2.97. The van der Waals surface area contributed by atoms with E-state index in [0.717, 1.165) is 16.8 Å². The summed E-state index contributed by atoms with van der Waals surface area (Å²) in [5, 5.41) is 14.0. The third-order valence-corrected chi connectivity index (χ3v) is 3.72. The van der Waals surface area contributed by atoms with E-state index in [1.807, 2.05) is 42.5 Å². The van der Waals surface area contributed by atoms with E-state index in [1.165, 1.54) is 16.7 Å². The number of benzene rings is 2. The number of nitrogens with zero attached hydrogens (tertiary/aromatic N) is 1. The predicted molar refractivity (Wildman–Crippen MR) is 84.2 cm³/mol. The van der Waals surface area contributed by atoms with Crippen LogP contribution in [0.15, 0.2) is 60.0 Å². The lowest BCUT2D eigenvalue weighted by Gasteiger charge is -2.05. The van der Waals surface area contributed by atoms with Crippen molar-refractivity contribution in [3.63, 3.8) is 0 Å². The van der Waals surface area contributed by atoms with Gasteiger partial charge in [0.15, 0.2) is 10.8 Å². The number of carboxylic acid groups (broad SMARTS) is 1. The van der Waals surface area contributed by atoms with Crippen LogP contribution in [0.3, 0.4) is 0 Å². The van der Waals surface area contributed by atoms with Crippen LogP contribution in [0, 0.1) is 0 Å². The second kappa shape index (κ2) is 5.76. The highest BCUT2D eigenvalue weighted by atomic mass is 32.1. The molecule has 0 amide bonds. The number of anilines is 2. The van der Waals surface area contributed by atoms with Crippen molar-refractivity contribution < 1.29 is 9.90 Å². The Balaban J connectivity index is 1.76. The average Bonchev–Trinajstić information content (AvgIpc) is 2.98. The molecule has 0 spiro atoms. The molecule has 0 aliphatic rings. The molecule has 4 nitrogen and oxygen atoms in total. The Hall–Kier alpha value is -2.66. The molecule has 3 rings (SSSR count). The van der Waals surface area contributed by atoms with Crippen LogP contribution >= 0.6 is 11.3 Å². The molecular formula is C16H12N2O2S. The second-order valence-corrected chi connectivity index (χ2v) is 5.27. The van der Waals surface area contributed by atoms with Crippen LogP contribution in [-0.2, 0) is 0 Å². The highest BCUT2D eigenvalue weighted by molar-refractivity contribution is 7.14. The summed E-state index contributed by atoms with van der Waals surface area (Å²) in [5.41, 5.74) is 3.22. The summed E-state index contributed by atoms with van der Waals surface area (Å²) in [5.74, 6) is -1.02. The quantitative estimate of drug-likeness (QED) is 0.755. The zero-order chi connectivity index (χ0) is 14.7. The molecule has 0 saturated carbocycles. The summed E-state index contributed by atoms with van der Waals surface area (Å²) < 4.78 is 0. The van der Waals surface area contributed by atoms with E-state index >= 15 is 0 Å². The molecule has 0 bridgehead atoms. The minimum atomic E-state index is -1.02. The number of aromatic carboxylic acids is 1. The zero-order valence-electron chi connectivity index (χ0n) is 11.0. The van der Waals surface area contributed by atoms with Gasteiger partial charge < -0.3 is 10.4 Å². The number of nitrogens with one attached hydrogen (secondary N) is 1. The second-order valence-electron chi connectivity index (χ2n) is 4.41. The number of carbonyl (C=O) groups is 1. The molecule has 0 saturated heterocycles. The first-order valence-corrected chi connectivity index (χ1v) is 7.22. The van der Waals surface area contributed by atoms with Crippen LogP contribution in [0.4, 0.5) is 10.8 Å². The van der Waals surface area contributed by atoms with Gasteiger partial charge in [-0.3, -0.25) is 0 Å². The standard InChI is InChI=1S/C16H12N2O2S/c19-15(20)14-10-21-16(18-14)17-13-8-6-12(7-9-13)11-4-2-1-3-5-11/h1-10H,(H,17,18)(H,19,20). The summed E-state index contributed by atoms with van der Waals surface area (Å²) >= 11 is 1.27. The van der Waals surface area contributed by atoms with Crippen LogP contribution in [-0.4, -0.2) is 16.1 Å². The molecule has 3 aromatic rings. The minimum absolute atomic E-state index is 0.0587. The maximum absolute atomic E-state index is 10.8. The molecule has 2 N–H and O–H groups in total. The number of hydrogen-bond acceptors (Lipinski definition) is 4. The largest absolute Gasteiger partial charge is 0.476 e. The Bertz CT molecular complexity index is 751. The molecule has 0 aliphatic heterocycles. The van der Waals surface area contributed by atoms with Crippen molar-refractivity contribution in [3.05, 3.63) is 65.7 Å². The topological polar surface area (TPSA) is 62.2 Å². The summed E-state index contributed by atoms with van der Waals surface area (Å²) in [7, 11) is 0. The molecule has 0 radical (unpaired) electrons. The number of thiazole rings is 1. The number of rotatable bonds is 4. The van der Waals surface area contributed by atoms with Crippen molar-refractivity contribution >= 4 is 28.1 Å². The normalized spacial score (nSPS) is 10.3. The van der Waals surface area contributed by atoms with E-state index in [-0.39, 0.29) is 5.69 Å². The Labute approximate surface area is 125 Å². The van der Waals surface area contributed by atoms with Gasteiger partial charge in [0.25, 0.3) is 0 Å². The van der Waals surface area contributed by atoms with Crippen molar-refractivity contribution in [2.45, 2.75) is 0 Å². The van der Waals surface area contributed by atoms with Gasteiger partial charge in [0, 0.05) is 11.1 Å². The fraction of sp³-hybridized carbons (Fsp3) is 0. The summed E-state index contributed by atoms with van der Waals surface area (Å²) in [4.78, 5) is 14.8. The van der Waals surface area contributed by atoms with Crippen molar-refractivity contribution in [2.75, 3.05) is 5.32 Å². The van der Waals surface area contributed by atoms with Gasteiger partial charge in [0.2, 0.25) is 0 Å². The monoisotopic (exact) mass is 296 g/mol. The summed E-state index contributed by atoms with van der Waals surface area (Å²) in [6, 6.07) is 18.0. The third kappa shape index (κ3) is 3.09. The van der Waals surface area contributed by atoms with Gasteiger partial charge in [0.05, 0.1) is 0 Å². The Kier molecular flexibility index (Phi) is 3.66. The maximum atomic E-state index is 10.8. The molecule has 5 heteroatoms. The molecule has 1 heterocycles. The average molecular weight is 296 g/mol. The molecule has 2 aromatic carbocycles. The van der Waals surface area contributed by atoms with Crippen molar-refractivity contribution in [1.82, 2.24) is 4.98 Å². The van der Waals surface area contributed by atoms with Gasteiger partial charge in [-0.1, -0.05) is 42.5 Å². The molecular weight excluding hydrogens is 284 g/mol. The first-order chi connectivity index (χ1) is 10.2. The molecule has 104 valence electrons. The number of aromatic nitrogens is 1. The van der Waals surface area contributed by atoms with E-state index < -0.39 is 5.97 Å². The molecule has 0 fully saturated rings. The van der Waals surface area contributed by atoms with E-state index in [9.17, 15) is 4.79 Å². The smallest absolute Gasteiger partial charge is 0.355 e. The molecule has 0 aliphatic carbocycles. The Morgan fingerprint density at radius 2 is 1.67 bits per heavy atom. The first kappa shape index (κ1) is 13.3. The van der Waals surface area contributed by atoms with Crippen LogP contribution in [0.1, 0.15) is 10.5 Å². The van der Waals surface area contributed by atoms with Crippen LogP contribution < -0.4 is 5.32 Å². The number of carboxylic acids is 1. The fourth-order valence-electron chi connectivity index (χ4n) is 1.93. The highest BCUT2D eigenvalue weighted by Crippen LogP contribution is 2.24. The van der Waals surface area contributed by atoms with E-state index in [1.54, 1.807) is 0 Å². The SMILES string of the molecule is O=C(O)c1csc(Nc2ccc(-c3ccccc3)cc2)n1. The fourth-order valence-corrected chi connectivity index (χ4v) is 2.63. The van der Waals surface area contributed by atoms with Crippen LogP contribution in [0.25, 0.3) is 11.1 Å². The van der Waals surface area contributed by atoms with Crippen molar-refractivity contribution in [2.24, 2.45) is 0 Å². The molecule has 21 heavy (non-hydrogen) atoms. The van der Waals surface area contributed by atoms with Crippen LogP contribution in [0.5, 0.6) is 0 Å². The van der Waals surface area contributed by atoms with Gasteiger partial charge in [-0.2, -0.15) is 0 Å². The van der Waals surface area contributed by atoms with Gasteiger partial charge in [-0.25, -0.2) is 9.78 Å². The van der Waals surface area contributed by atoms with Crippen molar-refractivity contribution in [1.29, 1.82) is 0 Å². The van der Waals surface area contributed by atoms with E-state index in [4.69, 9.17) is 5.11 Å². The lowest BCUT2D eigenvalue weighted by atomic mass is 10.1. The van der Waals surface area contributed by atoms with Crippen molar-refractivity contribution in [3.8, 4) is 11.1 Å². The van der Waals surface area contributed by atoms with Gasteiger partial charge >= 0.3 is 5.97 Å². The lowest BCUT2D eigenvalue weighted by molar-refractivity contribution is 0.0691. The van der Waals surface area contributed by atoms with Gasteiger partial charge in [-0.05, 0) is 23.3 Å². The number of hydrogen-bond donors (Lipinski definition) is 2. The van der Waals surface area contributed by atoms with Gasteiger partial charge in [-0.15, -0.1) is 11.3 Å². The first-order valence-electron chi connectivity index (χ1n) is 6.34. The molecule has 0 unspecified atom stereocenters. The van der Waals surface area contributed by atoms with Gasteiger partial charge in [0.1, 0.15) is 0 Å². The summed E-state index contributed by atoms with van der Waals surface area (Å²) in [6.45, 7) is 0. The molecule has 0 atom stereocenters. The van der Waals surface area contributed by atoms with E-state index in [0.29, 0.717) is 5.13 Å². The molecule has 1 aromatic heterocycles. The Morgan fingerprint density at radius 3 is 2.29 bits per heavy atom. The summed E-state index contributed by atoms with van der Waals surface area (Å²) in [6.07, 6.45) is 0.